The lowest BCUT2D eigenvalue weighted by atomic mass is 10.2. The second-order valence-electron chi connectivity index (χ2n) is 5.48. The molecule has 0 radical (unpaired) electrons. The molecule has 1 aliphatic heterocycles. The number of rotatable bonds is 8. The molecule has 5 nitrogen and oxygen atoms in total. The Bertz CT molecular complexity index is 609. The molecule has 1 aromatic carbocycles. The van der Waals surface area contributed by atoms with Gasteiger partial charge in [0.1, 0.15) is 0 Å². The summed E-state index contributed by atoms with van der Waals surface area (Å²) in [6.45, 7) is 3.71. The van der Waals surface area contributed by atoms with Crippen LogP contribution in [0.1, 0.15) is 31.7 Å². The second-order valence-corrected chi connectivity index (χ2v) is 8.81. The molecule has 23 heavy (non-hydrogen) atoms. The van der Waals surface area contributed by atoms with Crippen LogP contribution in [0.4, 0.5) is 0 Å². The number of hydrogen-bond acceptors (Lipinski definition) is 4. The SMILES string of the molecule is CCSCCC(=O)NCc1ccc(S(=O)(=O)N2CCCC2)cc1. The number of nitrogens with zero attached hydrogens (tertiary/aromatic N) is 1. The number of hydrogen-bond donors (Lipinski definition) is 1. The van der Waals surface area contributed by atoms with E-state index in [1.807, 2.05) is 0 Å². The van der Waals surface area contributed by atoms with Gasteiger partial charge in [0.25, 0.3) is 0 Å². The van der Waals surface area contributed by atoms with Gasteiger partial charge in [-0.1, -0.05) is 19.1 Å². The van der Waals surface area contributed by atoms with Crippen molar-refractivity contribution in [3.63, 3.8) is 0 Å². The standard InChI is InChI=1S/C16H24N2O3S2/c1-2-22-12-9-16(19)17-13-14-5-7-15(8-6-14)23(20,21)18-10-3-4-11-18/h5-8H,2-4,9-13H2,1H3,(H,17,19). The Morgan fingerprint density at radius 2 is 1.87 bits per heavy atom. The topological polar surface area (TPSA) is 66.5 Å². The van der Waals surface area contributed by atoms with E-state index in [9.17, 15) is 13.2 Å². The second kappa shape index (κ2) is 8.70. The highest BCUT2D eigenvalue weighted by atomic mass is 32.2. The number of amides is 1. The number of carbonyl (C=O) groups is 1. The minimum Gasteiger partial charge on any atom is -0.352 e. The molecule has 0 aliphatic carbocycles. The monoisotopic (exact) mass is 356 g/mol. The van der Waals surface area contributed by atoms with E-state index in [2.05, 4.69) is 12.2 Å². The first-order valence-corrected chi connectivity index (χ1v) is 10.6. The van der Waals surface area contributed by atoms with Gasteiger partial charge in [-0.3, -0.25) is 4.79 Å². The molecule has 128 valence electrons. The maximum absolute atomic E-state index is 12.4. The van der Waals surface area contributed by atoms with Gasteiger partial charge >= 0.3 is 0 Å². The molecule has 0 spiro atoms. The van der Waals surface area contributed by atoms with Crippen molar-refractivity contribution < 1.29 is 13.2 Å². The molecule has 0 unspecified atom stereocenters. The van der Waals surface area contributed by atoms with Crippen LogP contribution in [-0.4, -0.2) is 43.2 Å². The summed E-state index contributed by atoms with van der Waals surface area (Å²) < 4.78 is 26.4. The number of carbonyl (C=O) groups excluding carboxylic acids is 1. The van der Waals surface area contributed by atoms with Crippen molar-refractivity contribution in [2.24, 2.45) is 0 Å². The summed E-state index contributed by atoms with van der Waals surface area (Å²) in [5.74, 6) is 1.87. The maximum Gasteiger partial charge on any atom is 0.243 e. The van der Waals surface area contributed by atoms with Crippen LogP contribution in [0.25, 0.3) is 0 Å². The smallest absolute Gasteiger partial charge is 0.243 e. The lowest BCUT2D eigenvalue weighted by Gasteiger charge is -2.15. The normalized spacial score (nSPS) is 15.7. The summed E-state index contributed by atoms with van der Waals surface area (Å²) in [5, 5.41) is 2.86. The molecule has 0 bridgehead atoms. The van der Waals surface area contributed by atoms with Gasteiger partial charge in [0, 0.05) is 31.8 Å². The third kappa shape index (κ3) is 5.22. The fourth-order valence-corrected chi connectivity index (χ4v) is 4.59. The predicted molar refractivity (Wildman–Crippen MR) is 93.9 cm³/mol. The van der Waals surface area contributed by atoms with E-state index in [1.54, 1.807) is 36.0 Å². The molecule has 1 aromatic rings. The maximum atomic E-state index is 12.4. The minimum atomic E-state index is -3.36. The van der Waals surface area contributed by atoms with Gasteiger partial charge in [-0.2, -0.15) is 16.1 Å². The molecule has 1 aliphatic rings. The van der Waals surface area contributed by atoms with Crippen molar-refractivity contribution >= 4 is 27.7 Å². The molecule has 1 saturated heterocycles. The van der Waals surface area contributed by atoms with E-state index >= 15 is 0 Å². The molecule has 1 fully saturated rings. The van der Waals surface area contributed by atoms with Crippen LogP contribution >= 0.6 is 11.8 Å². The molecule has 1 heterocycles. The lowest BCUT2D eigenvalue weighted by Crippen LogP contribution is -2.28. The third-order valence-corrected chi connectivity index (χ3v) is 6.61. The Morgan fingerprint density at radius 3 is 2.48 bits per heavy atom. The van der Waals surface area contributed by atoms with Gasteiger partial charge in [-0.05, 0) is 36.3 Å². The van der Waals surface area contributed by atoms with Gasteiger partial charge in [0.15, 0.2) is 0 Å². The summed E-state index contributed by atoms with van der Waals surface area (Å²) in [4.78, 5) is 12.0. The van der Waals surface area contributed by atoms with Crippen LogP contribution < -0.4 is 5.32 Å². The molecule has 2 rings (SSSR count). The van der Waals surface area contributed by atoms with Crippen LogP contribution in [0.15, 0.2) is 29.2 Å². The number of nitrogens with one attached hydrogen (secondary N) is 1. The van der Waals surface area contributed by atoms with Gasteiger partial charge in [0.2, 0.25) is 15.9 Å². The van der Waals surface area contributed by atoms with Crippen molar-refractivity contribution in [3.05, 3.63) is 29.8 Å². The van der Waals surface area contributed by atoms with Crippen molar-refractivity contribution in [1.29, 1.82) is 0 Å². The highest BCUT2D eigenvalue weighted by Crippen LogP contribution is 2.21. The number of benzene rings is 1. The zero-order valence-corrected chi connectivity index (χ0v) is 15.1. The average molecular weight is 357 g/mol. The Labute approximate surface area is 142 Å². The Kier molecular flexibility index (Phi) is 6.92. The lowest BCUT2D eigenvalue weighted by molar-refractivity contribution is -0.120. The highest BCUT2D eigenvalue weighted by Gasteiger charge is 2.26. The van der Waals surface area contributed by atoms with E-state index in [0.717, 1.165) is 29.9 Å². The van der Waals surface area contributed by atoms with E-state index < -0.39 is 10.0 Å². The van der Waals surface area contributed by atoms with Crippen LogP contribution in [0.2, 0.25) is 0 Å². The zero-order valence-electron chi connectivity index (χ0n) is 13.5. The van der Waals surface area contributed by atoms with E-state index in [1.165, 1.54) is 4.31 Å². The quantitative estimate of drug-likeness (QED) is 0.726. The molecule has 1 amide bonds. The summed E-state index contributed by atoms with van der Waals surface area (Å²) in [6, 6.07) is 6.79. The van der Waals surface area contributed by atoms with Crippen LogP contribution in [0, 0.1) is 0 Å². The molecular weight excluding hydrogens is 332 g/mol. The zero-order chi connectivity index (χ0) is 16.7. The Morgan fingerprint density at radius 1 is 1.22 bits per heavy atom. The fraction of sp³-hybridized carbons (Fsp3) is 0.562. The Balaban J connectivity index is 1.88. The van der Waals surface area contributed by atoms with E-state index in [0.29, 0.717) is 31.0 Å². The molecular formula is C16H24N2O3S2. The van der Waals surface area contributed by atoms with Gasteiger partial charge < -0.3 is 5.32 Å². The largest absolute Gasteiger partial charge is 0.352 e. The summed E-state index contributed by atoms with van der Waals surface area (Å²) >= 11 is 1.74. The molecule has 0 saturated carbocycles. The average Bonchev–Trinajstić information content (AvgIpc) is 3.09. The van der Waals surface area contributed by atoms with Crippen molar-refractivity contribution in [2.75, 3.05) is 24.6 Å². The fourth-order valence-electron chi connectivity index (χ4n) is 2.46. The molecule has 0 aromatic heterocycles. The molecule has 0 atom stereocenters. The first kappa shape index (κ1) is 18.3. The van der Waals surface area contributed by atoms with Crippen molar-refractivity contribution in [1.82, 2.24) is 9.62 Å². The first-order chi connectivity index (χ1) is 11.0. The highest BCUT2D eigenvalue weighted by molar-refractivity contribution is 7.99. The third-order valence-electron chi connectivity index (χ3n) is 3.79. The van der Waals surface area contributed by atoms with Crippen LogP contribution in [0.5, 0.6) is 0 Å². The summed E-state index contributed by atoms with van der Waals surface area (Å²) in [5.41, 5.74) is 0.905. The molecule has 7 heteroatoms. The van der Waals surface area contributed by atoms with Gasteiger partial charge in [-0.15, -0.1) is 0 Å². The minimum absolute atomic E-state index is 0.0275. The van der Waals surface area contributed by atoms with Crippen molar-refractivity contribution in [2.45, 2.75) is 37.6 Å². The van der Waals surface area contributed by atoms with Gasteiger partial charge in [0.05, 0.1) is 4.90 Å². The van der Waals surface area contributed by atoms with E-state index in [-0.39, 0.29) is 5.91 Å². The first-order valence-electron chi connectivity index (χ1n) is 7.97. The summed E-state index contributed by atoms with van der Waals surface area (Å²) in [7, 11) is -3.36. The van der Waals surface area contributed by atoms with Gasteiger partial charge in [-0.25, -0.2) is 8.42 Å². The van der Waals surface area contributed by atoms with Crippen LogP contribution in [0.3, 0.4) is 0 Å². The summed E-state index contributed by atoms with van der Waals surface area (Å²) in [6.07, 6.45) is 2.37. The van der Waals surface area contributed by atoms with Crippen LogP contribution in [-0.2, 0) is 21.4 Å². The van der Waals surface area contributed by atoms with E-state index in [4.69, 9.17) is 0 Å². The van der Waals surface area contributed by atoms with Crippen molar-refractivity contribution in [3.8, 4) is 0 Å². The molecule has 1 N–H and O–H groups in total. The number of sulfonamides is 1. The Hall–Kier alpha value is -1.05. The number of thioether (sulfide) groups is 1. The predicted octanol–water partition coefficient (Wildman–Crippen LogP) is 2.23.